The number of carbonyl (C=O) groups excluding carboxylic acids is 4. The summed E-state index contributed by atoms with van der Waals surface area (Å²) in [4.78, 5) is 60.2. The Bertz CT molecular complexity index is 1390. The Morgan fingerprint density at radius 3 is 2.47 bits per heavy atom. The van der Waals surface area contributed by atoms with E-state index in [2.05, 4.69) is 5.32 Å². The van der Waals surface area contributed by atoms with Gasteiger partial charge in [0.05, 0.1) is 37.3 Å². The Balaban J connectivity index is 1.65. The van der Waals surface area contributed by atoms with Crippen molar-refractivity contribution < 1.29 is 38.5 Å². The number of esters is 1. The van der Waals surface area contributed by atoms with Crippen LogP contribution < -0.4 is 5.32 Å². The van der Waals surface area contributed by atoms with E-state index < -0.39 is 65.2 Å². The number of hydrogen-bond donors (Lipinski definition) is 2. The highest BCUT2D eigenvalue weighted by Gasteiger charge is 2.74. The lowest BCUT2D eigenvalue weighted by molar-refractivity contribution is -0.163. The van der Waals surface area contributed by atoms with Crippen molar-refractivity contribution >= 4 is 23.7 Å². The Morgan fingerprint density at radius 2 is 1.83 bits per heavy atom. The fraction of sp³-hybridized carbons (Fsp3) is 0.611. The van der Waals surface area contributed by atoms with Crippen LogP contribution in [0.4, 0.5) is 0 Å². The fourth-order valence-electron chi connectivity index (χ4n) is 7.57. The number of cyclic esters (lactones) is 1. The first-order chi connectivity index (χ1) is 22.4. The predicted molar refractivity (Wildman–Crippen MR) is 174 cm³/mol. The van der Waals surface area contributed by atoms with E-state index in [9.17, 15) is 24.3 Å². The molecule has 256 valence electrons. The van der Waals surface area contributed by atoms with Gasteiger partial charge in [0.2, 0.25) is 17.7 Å². The summed E-state index contributed by atoms with van der Waals surface area (Å²) in [6.45, 7) is 9.64. The summed E-state index contributed by atoms with van der Waals surface area (Å²) in [6.07, 6.45) is 6.79. The number of carbonyl (C=O) groups is 4. The topological polar surface area (TPSA) is 135 Å². The molecule has 4 heterocycles. The van der Waals surface area contributed by atoms with Gasteiger partial charge in [-0.1, -0.05) is 74.9 Å². The lowest BCUT2D eigenvalue weighted by Gasteiger charge is -2.44. The lowest BCUT2D eigenvalue weighted by atomic mass is 9.74. The van der Waals surface area contributed by atoms with Gasteiger partial charge in [-0.2, -0.15) is 0 Å². The van der Waals surface area contributed by atoms with Crippen LogP contribution in [0, 0.1) is 17.8 Å². The summed E-state index contributed by atoms with van der Waals surface area (Å²) in [6, 6.07) is 6.61. The molecule has 1 aromatic rings. The molecule has 2 fully saturated rings. The number of benzene rings is 1. The molecule has 9 atom stereocenters. The van der Waals surface area contributed by atoms with Gasteiger partial charge in [-0.15, -0.1) is 0 Å². The van der Waals surface area contributed by atoms with Gasteiger partial charge in [0.25, 0.3) is 0 Å². The van der Waals surface area contributed by atoms with Gasteiger partial charge in [0, 0.05) is 25.6 Å². The summed E-state index contributed by atoms with van der Waals surface area (Å²) < 4.78 is 18.3. The second-order valence-electron chi connectivity index (χ2n) is 14.1. The highest BCUT2D eigenvalue weighted by atomic mass is 16.6. The van der Waals surface area contributed by atoms with E-state index in [0.29, 0.717) is 18.4 Å². The van der Waals surface area contributed by atoms with Gasteiger partial charge in [0.15, 0.2) is 0 Å². The molecule has 11 heteroatoms. The van der Waals surface area contributed by atoms with Crippen molar-refractivity contribution in [1.82, 2.24) is 15.1 Å². The summed E-state index contributed by atoms with van der Waals surface area (Å²) in [5, 5.41) is 13.7. The second-order valence-corrected chi connectivity index (χ2v) is 14.1. The van der Waals surface area contributed by atoms with E-state index in [0.717, 1.165) is 0 Å². The summed E-state index contributed by atoms with van der Waals surface area (Å²) >= 11 is 0. The number of allylic oxidation sites excluding steroid dienone is 1. The molecule has 2 saturated heterocycles. The molecule has 3 amide bonds. The third-order valence-corrected chi connectivity index (χ3v) is 10.2. The molecular weight excluding hydrogens is 602 g/mol. The minimum atomic E-state index is -1.42. The van der Waals surface area contributed by atoms with Crippen LogP contribution in [0.15, 0.2) is 54.6 Å². The van der Waals surface area contributed by atoms with Gasteiger partial charge in [-0.05, 0) is 38.7 Å². The number of aliphatic hydroxyl groups is 1. The van der Waals surface area contributed by atoms with E-state index in [1.807, 2.05) is 77.1 Å². The van der Waals surface area contributed by atoms with Crippen molar-refractivity contribution in [3.8, 4) is 0 Å². The van der Waals surface area contributed by atoms with Gasteiger partial charge in [0.1, 0.15) is 23.7 Å². The number of hydrogen-bond acceptors (Lipinski definition) is 8. The minimum absolute atomic E-state index is 0.0726. The standard InChI is InChI=1S/C36H49N3O8/c1-7-22(2)25(20-40)39-31-33(43)38(35(3,4)5)19-13-9-12-16-27(41)37-24(21-45-6)30(23-14-10-8-11-15-23)46-34(44)28-26-17-18-36(31,47-26)29(28)32(39)42/h8-11,13-15,17-18,22,24-26,28-31,40H,7,12,16,19-21H2,1-6H3,(H,37,41)/b13-9-/t22-,24-,25-,26+,28-,29-,30-,31+,36-/m0/s1. The van der Waals surface area contributed by atoms with Crippen molar-refractivity contribution in [1.29, 1.82) is 0 Å². The van der Waals surface area contributed by atoms with E-state index in [-0.39, 0.29) is 43.9 Å². The lowest BCUT2D eigenvalue weighted by Crippen LogP contribution is -2.62. The number of ether oxygens (including phenoxy) is 3. The zero-order valence-corrected chi connectivity index (χ0v) is 28.3. The summed E-state index contributed by atoms with van der Waals surface area (Å²) in [7, 11) is 1.51. The molecule has 0 saturated carbocycles. The molecule has 4 aliphatic rings. The Kier molecular flexibility index (Phi) is 10.3. The van der Waals surface area contributed by atoms with Gasteiger partial charge in [-0.25, -0.2) is 0 Å². The van der Waals surface area contributed by atoms with E-state index in [1.54, 1.807) is 17.1 Å². The predicted octanol–water partition coefficient (Wildman–Crippen LogP) is 2.94. The van der Waals surface area contributed by atoms with Crippen LogP contribution in [0.5, 0.6) is 0 Å². The van der Waals surface area contributed by atoms with E-state index >= 15 is 0 Å². The van der Waals surface area contributed by atoms with Crippen LogP contribution in [0.2, 0.25) is 0 Å². The van der Waals surface area contributed by atoms with Gasteiger partial charge >= 0.3 is 5.97 Å². The average Bonchev–Trinajstić information content (AvgIpc) is 3.68. The number of methoxy groups -OCH3 is 1. The maximum Gasteiger partial charge on any atom is 0.313 e. The molecule has 0 aliphatic carbocycles. The molecule has 1 spiro atoms. The number of amides is 3. The maximum absolute atomic E-state index is 14.8. The van der Waals surface area contributed by atoms with Gasteiger partial charge < -0.3 is 34.4 Å². The Morgan fingerprint density at radius 1 is 1.11 bits per heavy atom. The molecular formula is C36H49N3O8. The van der Waals surface area contributed by atoms with Crippen molar-refractivity contribution in [2.45, 2.75) is 95.4 Å². The summed E-state index contributed by atoms with van der Waals surface area (Å²) in [5.74, 6) is -3.88. The number of rotatable bonds is 7. The zero-order chi connectivity index (χ0) is 34.1. The first-order valence-corrected chi connectivity index (χ1v) is 16.7. The largest absolute Gasteiger partial charge is 0.455 e. The van der Waals surface area contributed by atoms with E-state index in [4.69, 9.17) is 14.2 Å². The van der Waals surface area contributed by atoms with Crippen molar-refractivity contribution in [2.24, 2.45) is 17.8 Å². The van der Waals surface area contributed by atoms with Crippen molar-refractivity contribution in [3.05, 3.63) is 60.2 Å². The third-order valence-electron chi connectivity index (χ3n) is 10.2. The van der Waals surface area contributed by atoms with E-state index in [1.165, 1.54) is 12.0 Å². The third kappa shape index (κ3) is 6.37. The van der Waals surface area contributed by atoms with Crippen LogP contribution in [-0.4, -0.2) is 101 Å². The highest BCUT2D eigenvalue weighted by molar-refractivity contribution is 5.99. The molecule has 5 bridgehead atoms. The molecule has 0 unspecified atom stereocenters. The molecule has 0 aromatic heterocycles. The SMILES string of the molecule is CC[C@H](C)[C@H](CO)N1C(=O)[C@@H]2[C@H]3C(=O)O[C@@H](c4ccccc4)[C@H](COC)NC(=O)CC/C=C\CN(C(C)(C)C)C(=O)[C@@H]1[C@]21C=C[C@H]3O1. The van der Waals surface area contributed by atoms with Crippen molar-refractivity contribution in [3.63, 3.8) is 0 Å². The number of aliphatic hydroxyl groups excluding tert-OH is 1. The molecule has 11 nitrogen and oxygen atoms in total. The minimum Gasteiger partial charge on any atom is -0.455 e. The first-order valence-electron chi connectivity index (χ1n) is 16.7. The number of nitrogens with zero attached hydrogens (tertiary/aromatic N) is 2. The van der Waals surface area contributed by atoms with Crippen LogP contribution in [-0.2, 0) is 33.4 Å². The van der Waals surface area contributed by atoms with Crippen LogP contribution in [0.25, 0.3) is 0 Å². The molecule has 5 rings (SSSR count). The average molecular weight is 652 g/mol. The normalized spacial score (nSPS) is 33.4. The number of likely N-dealkylation sites (tertiary alicyclic amines) is 1. The van der Waals surface area contributed by atoms with Crippen molar-refractivity contribution in [2.75, 3.05) is 26.9 Å². The van der Waals surface area contributed by atoms with Crippen LogP contribution in [0.3, 0.4) is 0 Å². The zero-order valence-electron chi connectivity index (χ0n) is 28.3. The quantitative estimate of drug-likeness (QED) is 0.340. The highest BCUT2D eigenvalue weighted by Crippen LogP contribution is 2.57. The Hall–Kier alpha value is -3.54. The molecule has 2 N–H and O–H groups in total. The molecule has 47 heavy (non-hydrogen) atoms. The number of nitrogens with one attached hydrogen (secondary N) is 1. The van der Waals surface area contributed by atoms with Crippen LogP contribution in [0.1, 0.15) is 65.5 Å². The molecule has 1 aromatic carbocycles. The van der Waals surface area contributed by atoms with Crippen LogP contribution >= 0.6 is 0 Å². The second kappa shape index (κ2) is 13.9. The van der Waals surface area contributed by atoms with Gasteiger partial charge in [-0.3, -0.25) is 19.2 Å². The fourth-order valence-corrected chi connectivity index (χ4v) is 7.57. The smallest absolute Gasteiger partial charge is 0.313 e. The Labute approximate surface area is 277 Å². The molecule has 4 aliphatic heterocycles. The summed E-state index contributed by atoms with van der Waals surface area (Å²) in [5.41, 5.74) is -1.42. The monoisotopic (exact) mass is 651 g/mol. The maximum atomic E-state index is 14.8. The molecule has 0 radical (unpaired) electrons. The number of fused-ring (bicyclic) bond motifs is 2. The first kappa shape index (κ1) is 34.8.